The van der Waals surface area contributed by atoms with Crippen LogP contribution in [0.5, 0.6) is 0 Å². The quantitative estimate of drug-likeness (QED) is 0.675. The molecule has 2 amide bonds. The van der Waals surface area contributed by atoms with E-state index in [4.69, 9.17) is 5.11 Å². The molecule has 9 heteroatoms. The summed E-state index contributed by atoms with van der Waals surface area (Å²) in [6.45, 7) is 1.53. The molecule has 8 nitrogen and oxygen atoms in total. The number of carboxylic acid groups (broad SMARTS) is 1. The maximum absolute atomic E-state index is 12.8. The summed E-state index contributed by atoms with van der Waals surface area (Å²) >= 11 is 3.36. The second-order valence-corrected chi connectivity index (χ2v) is 6.40. The summed E-state index contributed by atoms with van der Waals surface area (Å²) in [7, 11) is 0. The van der Waals surface area contributed by atoms with Crippen molar-refractivity contribution in [3.63, 3.8) is 0 Å². The molecule has 0 spiro atoms. The number of hydrogen-bond acceptors (Lipinski definition) is 4. The maximum Gasteiger partial charge on any atom is 0.404 e. The zero-order valence-electron chi connectivity index (χ0n) is 12.7. The van der Waals surface area contributed by atoms with Gasteiger partial charge in [0.05, 0.1) is 6.20 Å². The number of carbonyl (C=O) groups excluding carboxylic acids is 1. The Morgan fingerprint density at radius 3 is 2.65 bits per heavy atom. The predicted octanol–water partition coefficient (Wildman–Crippen LogP) is 1.08. The lowest BCUT2D eigenvalue weighted by Crippen LogP contribution is -2.44. The van der Waals surface area contributed by atoms with Crippen molar-refractivity contribution in [1.29, 1.82) is 0 Å². The number of aliphatic hydroxyl groups is 1. The minimum atomic E-state index is -1.11. The van der Waals surface area contributed by atoms with Crippen molar-refractivity contribution in [2.75, 3.05) is 26.2 Å². The van der Waals surface area contributed by atoms with Crippen molar-refractivity contribution in [3.8, 4) is 0 Å². The van der Waals surface area contributed by atoms with E-state index >= 15 is 0 Å². The zero-order valence-corrected chi connectivity index (χ0v) is 14.3. The average Bonchev–Trinajstić information content (AvgIpc) is 2.96. The molecule has 0 bridgehead atoms. The summed E-state index contributed by atoms with van der Waals surface area (Å²) in [5.74, 6) is 0.181. The molecule has 0 aromatic carbocycles. The number of nitrogens with one attached hydrogen (secondary N) is 1. The van der Waals surface area contributed by atoms with Crippen LogP contribution < -0.4 is 5.32 Å². The van der Waals surface area contributed by atoms with Crippen LogP contribution in [0.1, 0.15) is 25.3 Å². The lowest BCUT2D eigenvalue weighted by molar-refractivity contribution is -0.137. The first kappa shape index (κ1) is 17.7. The number of piperidine rings is 1. The summed E-state index contributed by atoms with van der Waals surface area (Å²) in [6.07, 6.45) is 2.36. The number of likely N-dealkylation sites (tertiary alicyclic amines) is 1. The number of hydrogen-bond donors (Lipinski definition) is 3. The number of aromatic nitrogens is 2. The zero-order chi connectivity index (χ0) is 16.8. The summed E-state index contributed by atoms with van der Waals surface area (Å²) in [6, 6.07) is 1.18. The van der Waals surface area contributed by atoms with Gasteiger partial charge < -0.3 is 20.4 Å². The van der Waals surface area contributed by atoms with Crippen molar-refractivity contribution < 1.29 is 19.8 Å². The molecule has 1 aliphatic heterocycles. The third-order valence-corrected chi connectivity index (χ3v) is 4.71. The Bertz CT molecular complexity index is 543. The van der Waals surface area contributed by atoms with Gasteiger partial charge in [0.1, 0.15) is 10.6 Å². The summed E-state index contributed by atoms with van der Waals surface area (Å²) in [5, 5.41) is 24.3. The lowest BCUT2D eigenvalue weighted by atomic mass is 9.97. The van der Waals surface area contributed by atoms with Crippen LogP contribution in [0.25, 0.3) is 0 Å². The fraction of sp³-hybridized carbons (Fsp3) is 0.643. The molecule has 3 N–H and O–H groups in total. The minimum absolute atomic E-state index is 0.0713. The Balaban J connectivity index is 2.05. The van der Waals surface area contributed by atoms with Crippen LogP contribution in [-0.4, -0.2) is 63.1 Å². The molecular formula is C14H21BrN4O4. The molecule has 1 aromatic rings. The van der Waals surface area contributed by atoms with Crippen LogP contribution >= 0.6 is 15.9 Å². The Hall–Kier alpha value is -1.61. The molecule has 2 rings (SSSR count). The van der Waals surface area contributed by atoms with E-state index in [1.54, 1.807) is 21.8 Å². The monoisotopic (exact) mass is 388 g/mol. The van der Waals surface area contributed by atoms with Crippen LogP contribution in [0.3, 0.4) is 0 Å². The molecular weight excluding hydrogens is 368 g/mol. The topological polar surface area (TPSA) is 108 Å². The lowest BCUT2D eigenvalue weighted by Gasteiger charge is -2.33. The van der Waals surface area contributed by atoms with Crippen LogP contribution in [0.4, 0.5) is 4.79 Å². The SMILES string of the molecule is O=C(O)NCCC(C(=O)N1CCC(CO)CC1)n1nccc1Br. The maximum atomic E-state index is 12.8. The number of carbonyl (C=O) groups is 2. The van der Waals surface area contributed by atoms with Gasteiger partial charge in [-0.05, 0) is 47.2 Å². The van der Waals surface area contributed by atoms with E-state index in [1.165, 1.54) is 0 Å². The van der Waals surface area contributed by atoms with Gasteiger partial charge in [0.25, 0.3) is 0 Å². The fourth-order valence-electron chi connectivity index (χ4n) is 2.74. The largest absolute Gasteiger partial charge is 0.465 e. The van der Waals surface area contributed by atoms with Crippen molar-refractivity contribution in [1.82, 2.24) is 20.0 Å². The number of aliphatic hydroxyl groups excluding tert-OH is 1. The Kier molecular flexibility index (Phi) is 6.40. The summed E-state index contributed by atoms with van der Waals surface area (Å²) < 4.78 is 2.25. The second kappa shape index (κ2) is 8.30. The van der Waals surface area contributed by atoms with Crippen molar-refractivity contribution in [2.24, 2.45) is 5.92 Å². The Labute approximate surface area is 142 Å². The molecule has 23 heavy (non-hydrogen) atoms. The van der Waals surface area contributed by atoms with Gasteiger partial charge in [0.15, 0.2) is 0 Å². The molecule has 1 fully saturated rings. The van der Waals surface area contributed by atoms with Crippen LogP contribution in [-0.2, 0) is 4.79 Å². The highest BCUT2D eigenvalue weighted by molar-refractivity contribution is 9.10. The number of amides is 2. The van der Waals surface area contributed by atoms with E-state index in [2.05, 4.69) is 26.3 Å². The van der Waals surface area contributed by atoms with E-state index in [0.29, 0.717) is 24.1 Å². The Morgan fingerprint density at radius 1 is 1.43 bits per heavy atom. The number of halogens is 1. The Morgan fingerprint density at radius 2 is 2.13 bits per heavy atom. The molecule has 0 saturated carbocycles. The third kappa shape index (κ3) is 4.68. The number of rotatable bonds is 6. The highest BCUT2D eigenvalue weighted by atomic mass is 79.9. The smallest absolute Gasteiger partial charge is 0.404 e. The van der Waals surface area contributed by atoms with Gasteiger partial charge >= 0.3 is 6.09 Å². The first-order valence-corrected chi connectivity index (χ1v) is 8.37. The van der Waals surface area contributed by atoms with Crippen molar-refractivity contribution >= 4 is 27.9 Å². The van der Waals surface area contributed by atoms with Gasteiger partial charge in [0.2, 0.25) is 5.91 Å². The van der Waals surface area contributed by atoms with E-state index in [0.717, 1.165) is 12.8 Å². The van der Waals surface area contributed by atoms with Crippen LogP contribution in [0.2, 0.25) is 0 Å². The van der Waals surface area contributed by atoms with Gasteiger partial charge in [0, 0.05) is 26.2 Å². The van der Waals surface area contributed by atoms with E-state index in [9.17, 15) is 14.7 Å². The first-order chi connectivity index (χ1) is 11.0. The van der Waals surface area contributed by atoms with Gasteiger partial charge in [-0.2, -0.15) is 5.10 Å². The minimum Gasteiger partial charge on any atom is -0.465 e. The highest BCUT2D eigenvalue weighted by Gasteiger charge is 2.30. The van der Waals surface area contributed by atoms with Gasteiger partial charge in [-0.1, -0.05) is 0 Å². The molecule has 128 valence electrons. The molecule has 1 aliphatic rings. The summed E-state index contributed by atoms with van der Waals surface area (Å²) in [5.41, 5.74) is 0. The van der Waals surface area contributed by atoms with Crippen LogP contribution in [0, 0.1) is 5.92 Å². The molecule has 0 aliphatic carbocycles. The molecule has 0 radical (unpaired) electrons. The standard InChI is InChI=1S/C14H21BrN4O4/c15-12-2-6-17-19(12)11(1-5-16-14(22)23)13(21)18-7-3-10(9-20)4-8-18/h2,6,10-11,16,20H,1,3-5,7-9H2,(H,22,23). The van der Waals surface area contributed by atoms with Crippen molar-refractivity contribution in [3.05, 3.63) is 16.9 Å². The molecule has 2 heterocycles. The highest BCUT2D eigenvalue weighted by Crippen LogP contribution is 2.24. The van der Waals surface area contributed by atoms with E-state index in [-0.39, 0.29) is 25.0 Å². The third-order valence-electron chi connectivity index (χ3n) is 4.08. The summed E-state index contributed by atoms with van der Waals surface area (Å²) in [4.78, 5) is 25.2. The van der Waals surface area contributed by atoms with Crippen LogP contribution in [0.15, 0.2) is 16.9 Å². The van der Waals surface area contributed by atoms with E-state index < -0.39 is 12.1 Å². The van der Waals surface area contributed by atoms with Crippen molar-refractivity contribution in [2.45, 2.75) is 25.3 Å². The number of nitrogens with zero attached hydrogens (tertiary/aromatic N) is 3. The first-order valence-electron chi connectivity index (χ1n) is 7.58. The second-order valence-electron chi connectivity index (χ2n) is 5.59. The molecule has 1 saturated heterocycles. The molecule has 1 atom stereocenters. The van der Waals surface area contributed by atoms with Gasteiger partial charge in [-0.15, -0.1) is 0 Å². The molecule has 1 unspecified atom stereocenters. The molecule has 1 aromatic heterocycles. The van der Waals surface area contributed by atoms with Gasteiger partial charge in [-0.25, -0.2) is 9.48 Å². The van der Waals surface area contributed by atoms with E-state index in [1.807, 2.05) is 0 Å². The average molecular weight is 389 g/mol. The predicted molar refractivity (Wildman–Crippen MR) is 86.0 cm³/mol. The fourth-order valence-corrected chi connectivity index (χ4v) is 3.20. The normalized spacial score (nSPS) is 17.0. The van der Waals surface area contributed by atoms with Gasteiger partial charge in [-0.3, -0.25) is 4.79 Å².